The Hall–Kier alpha value is -0.760. The van der Waals surface area contributed by atoms with Crippen molar-refractivity contribution in [2.24, 2.45) is 5.73 Å². The molecule has 0 saturated heterocycles. The average Bonchev–Trinajstić information content (AvgIpc) is 2.61. The molecule has 1 aromatic rings. The minimum absolute atomic E-state index is 0.201. The van der Waals surface area contributed by atoms with Crippen LogP contribution in [-0.2, 0) is 6.42 Å². The van der Waals surface area contributed by atoms with Gasteiger partial charge in [-0.1, -0.05) is 0 Å². The van der Waals surface area contributed by atoms with Crippen molar-refractivity contribution in [3.8, 4) is 0 Å². The van der Waals surface area contributed by atoms with Crippen LogP contribution in [0.25, 0.3) is 0 Å². The lowest BCUT2D eigenvalue weighted by Gasteiger charge is -2.05. The number of aryl methyl sites for hydroxylation is 1. The third kappa shape index (κ3) is 1.89. The van der Waals surface area contributed by atoms with E-state index < -0.39 is 0 Å². The smallest absolute Gasteiger partial charge is 0.103 e. The Morgan fingerprint density at radius 3 is 2.92 bits per heavy atom. The van der Waals surface area contributed by atoms with Crippen molar-refractivity contribution in [3.05, 3.63) is 24.2 Å². The monoisotopic (exact) mass is 165 g/mol. The first-order valence-electron chi connectivity index (χ1n) is 4.60. The number of hydrogen-bond acceptors (Lipinski definition) is 2. The van der Waals surface area contributed by atoms with Gasteiger partial charge in [0.2, 0.25) is 0 Å². The van der Waals surface area contributed by atoms with Gasteiger partial charge in [-0.3, -0.25) is 0 Å². The molecule has 0 unspecified atom stereocenters. The van der Waals surface area contributed by atoms with Gasteiger partial charge in [0, 0.05) is 12.0 Å². The summed E-state index contributed by atoms with van der Waals surface area (Å²) in [5.41, 5.74) is 6.16. The number of rotatable bonds is 4. The molecule has 0 atom stereocenters. The fourth-order valence-electron chi connectivity index (χ4n) is 1.48. The summed E-state index contributed by atoms with van der Waals surface area (Å²) < 4.78 is 5.23. The van der Waals surface area contributed by atoms with Crippen molar-refractivity contribution < 1.29 is 4.42 Å². The molecule has 1 saturated carbocycles. The van der Waals surface area contributed by atoms with Crippen LogP contribution in [0.5, 0.6) is 0 Å². The van der Waals surface area contributed by atoms with Gasteiger partial charge in [0.25, 0.3) is 0 Å². The molecule has 0 aliphatic heterocycles. The molecular weight excluding hydrogens is 150 g/mol. The largest absolute Gasteiger partial charge is 0.469 e. The van der Waals surface area contributed by atoms with Crippen LogP contribution >= 0.6 is 0 Å². The summed E-state index contributed by atoms with van der Waals surface area (Å²) >= 11 is 0. The van der Waals surface area contributed by atoms with Crippen molar-refractivity contribution in [1.82, 2.24) is 0 Å². The Kier molecular flexibility index (Phi) is 1.93. The summed E-state index contributed by atoms with van der Waals surface area (Å²) in [7, 11) is 0. The van der Waals surface area contributed by atoms with Gasteiger partial charge in [-0.15, -0.1) is 0 Å². The molecule has 0 spiro atoms. The van der Waals surface area contributed by atoms with E-state index in [9.17, 15) is 0 Å². The van der Waals surface area contributed by atoms with Gasteiger partial charge in [-0.05, 0) is 37.8 Å². The first kappa shape index (κ1) is 7.87. The van der Waals surface area contributed by atoms with Gasteiger partial charge in [-0.2, -0.15) is 0 Å². The van der Waals surface area contributed by atoms with Crippen LogP contribution in [0.15, 0.2) is 22.8 Å². The highest BCUT2D eigenvalue weighted by Gasteiger charge is 2.36. The Balaban J connectivity index is 1.69. The van der Waals surface area contributed by atoms with Crippen LogP contribution in [-0.4, -0.2) is 5.54 Å². The van der Waals surface area contributed by atoms with Crippen LogP contribution in [0.3, 0.4) is 0 Å². The van der Waals surface area contributed by atoms with E-state index in [-0.39, 0.29) is 5.54 Å². The highest BCUT2D eigenvalue weighted by atomic mass is 16.3. The molecule has 2 rings (SSSR count). The summed E-state index contributed by atoms with van der Waals surface area (Å²) in [5.74, 6) is 1.08. The van der Waals surface area contributed by atoms with Gasteiger partial charge in [-0.25, -0.2) is 0 Å². The molecule has 1 aromatic heterocycles. The molecule has 66 valence electrons. The second-order valence-electron chi connectivity index (χ2n) is 3.80. The predicted molar refractivity (Wildman–Crippen MR) is 47.8 cm³/mol. The van der Waals surface area contributed by atoms with E-state index in [2.05, 4.69) is 0 Å². The zero-order valence-electron chi connectivity index (χ0n) is 7.25. The van der Waals surface area contributed by atoms with Gasteiger partial charge in [0.05, 0.1) is 6.26 Å². The van der Waals surface area contributed by atoms with E-state index >= 15 is 0 Å². The molecule has 2 nitrogen and oxygen atoms in total. The lowest BCUT2D eigenvalue weighted by molar-refractivity contribution is 0.483. The van der Waals surface area contributed by atoms with E-state index in [0.717, 1.165) is 25.0 Å². The minimum atomic E-state index is 0.201. The summed E-state index contributed by atoms with van der Waals surface area (Å²) in [6.07, 6.45) is 7.49. The predicted octanol–water partition coefficient (Wildman–Crippen LogP) is 2.09. The quantitative estimate of drug-likeness (QED) is 0.742. The highest BCUT2D eigenvalue weighted by molar-refractivity contribution is 5.01. The van der Waals surface area contributed by atoms with Gasteiger partial charge in [0.1, 0.15) is 5.76 Å². The Labute approximate surface area is 72.7 Å². The number of nitrogens with two attached hydrogens (primary N) is 1. The van der Waals surface area contributed by atoms with Gasteiger partial charge < -0.3 is 10.2 Å². The molecule has 1 heterocycles. The lowest BCUT2D eigenvalue weighted by atomic mass is 10.1. The molecular formula is C10H15NO. The lowest BCUT2D eigenvalue weighted by Crippen LogP contribution is -2.21. The van der Waals surface area contributed by atoms with Crippen molar-refractivity contribution in [1.29, 1.82) is 0 Å². The summed E-state index contributed by atoms with van der Waals surface area (Å²) in [6, 6.07) is 3.96. The summed E-state index contributed by atoms with van der Waals surface area (Å²) in [4.78, 5) is 0. The molecule has 0 radical (unpaired) electrons. The molecule has 1 fully saturated rings. The maximum Gasteiger partial charge on any atom is 0.103 e. The van der Waals surface area contributed by atoms with Gasteiger partial charge in [0.15, 0.2) is 0 Å². The molecule has 2 heteroatoms. The maximum atomic E-state index is 5.96. The first-order valence-corrected chi connectivity index (χ1v) is 4.60. The second kappa shape index (κ2) is 2.94. The Morgan fingerprint density at radius 2 is 2.33 bits per heavy atom. The highest BCUT2D eigenvalue weighted by Crippen LogP contribution is 2.36. The van der Waals surface area contributed by atoms with E-state index in [1.54, 1.807) is 6.26 Å². The molecule has 1 aliphatic rings. The van der Waals surface area contributed by atoms with Crippen LogP contribution in [0.1, 0.15) is 31.4 Å². The fourth-order valence-corrected chi connectivity index (χ4v) is 1.48. The van der Waals surface area contributed by atoms with Crippen LogP contribution in [0.4, 0.5) is 0 Å². The van der Waals surface area contributed by atoms with Gasteiger partial charge >= 0.3 is 0 Å². The van der Waals surface area contributed by atoms with Crippen molar-refractivity contribution in [2.75, 3.05) is 0 Å². The van der Waals surface area contributed by atoms with E-state index in [4.69, 9.17) is 10.2 Å². The molecule has 0 amide bonds. The topological polar surface area (TPSA) is 39.2 Å². The van der Waals surface area contributed by atoms with Crippen molar-refractivity contribution >= 4 is 0 Å². The molecule has 0 bridgehead atoms. The van der Waals surface area contributed by atoms with E-state index in [1.165, 1.54) is 12.8 Å². The molecule has 0 aromatic carbocycles. The Morgan fingerprint density at radius 1 is 1.50 bits per heavy atom. The summed E-state index contributed by atoms with van der Waals surface area (Å²) in [6.45, 7) is 0. The number of furan rings is 1. The zero-order valence-corrected chi connectivity index (χ0v) is 7.25. The van der Waals surface area contributed by atoms with Crippen molar-refractivity contribution in [3.63, 3.8) is 0 Å². The third-order valence-corrected chi connectivity index (χ3v) is 2.57. The zero-order chi connectivity index (χ0) is 8.44. The van der Waals surface area contributed by atoms with Crippen LogP contribution in [0, 0.1) is 0 Å². The van der Waals surface area contributed by atoms with E-state index in [1.807, 2.05) is 12.1 Å². The maximum absolute atomic E-state index is 5.96. The fraction of sp³-hybridized carbons (Fsp3) is 0.600. The molecule has 12 heavy (non-hydrogen) atoms. The summed E-state index contributed by atoms with van der Waals surface area (Å²) in [5, 5.41) is 0. The number of hydrogen-bond donors (Lipinski definition) is 1. The SMILES string of the molecule is NC1(CCCc2ccco2)CC1. The van der Waals surface area contributed by atoms with Crippen LogP contribution < -0.4 is 5.73 Å². The molecule has 1 aliphatic carbocycles. The standard InChI is InChI=1S/C10H15NO/c11-10(6-7-10)5-1-3-9-4-2-8-12-9/h2,4,8H,1,3,5-7,11H2. The van der Waals surface area contributed by atoms with Crippen molar-refractivity contribution in [2.45, 2.75) is 37.6 Å². The second-order valence-corrected chi connectivity index (χ2v) is 3.80. The van der Waals surface area contributed by atoms with Crippen LogP contribution in [0.2, 0.25) is 0 Å². The Bertz CT molecular complexity index is 236. The minimum Gasteiger partial charge on any atom is -0.469 e. The molecule has 2 N–H and O–H groups in total. The first-order chi connectivity index (χ1) is 5.79. The third-order valence-electron chi connectivity index (χ3n) is 2.57. The normalized spacial score (nSPS) is 19.4. The average molecular weight is 165 g/mol. The van der Waals surface area contributed by atoms with E-state index in [0.29, 0.717) is 0 Å².